The van der Waals surface area contributed by atoms with Crippen molar-refractivity contribution in [3.05, 3.63) is 0 Å². The van der Waals surface area contributed by atoms with Gasteiger partial charge in [0.25, 0.3) is 0 Å². The van der Waals surface area contributed by atoms with Crippen LogP contribution in [-0.4, -0.2) is 12.6 Å². The maximum absolute atomic E-state index is 5.70. The maximum atomic E-state index is 5.70. The van der Waals surface area contributed by atoms with Gasteiger partial charge in [-0.2, -0.15) is 0 Å². The molecule has 1 heterocycles. The number of ether oxygens (including phenoxy) is 2. The Kier molecular flexibility index (Phi) is 1.50. The summed E-state index contributed by atoms with van der Waals surface area (Å²) in [6.07, 6.45) is 8.08. The predicted octanol–water partition coefficient (Wildman–Crippen LogP) is 2.29. The zero-order valence-electron chi connectivity index (χ0n) is 7.42. The van der Waals surface area contributed by atoms with Crippen molar-refractivity contribution in [1.29, 1.82) is 0 Å². The van der Waals surface area contributed by atoms with Crippen molar-refractivity contribution in [3.63, 3.8) is 0 Å². The van der Waals surface area contributed by atoms with Crippen molar-refractivity contribution in [3.8, 4) is 0 Å². The van der Waals surface area contributed by atoms with E-state index < -0.39 is 0 Å². The van der Waals surface area contributed by atoms with Crippen LogP contribution in [0.5, 0.6) is 0 Å². The molecule has 0 unspecified atom stereocenters. The minimum absolute atomic E-state index is 0.0868. The molecule has 68 valence electrons. The molecule has 2 saturated carbocycles. The van der Waals surface area contributed by atoms with Gasteiger partial charge in [0, 0.05) is 11.8 Å². The Morgan fingerprint density at radius 1 is 0.833 bits per heavy atom. The van der Waals surface area contributed by atoms with Gasteiger partial charge in [0.05, 0.1) is 0 Å². The fourth-order valence-electron chi connectivity index (χ4n) is 2.81. The van der Waals surface area contributed by atoms with Gasteiger partial charge in [-0.25, -0.2) is 0 Å². The van der Waals surface area contributed by atoms with Crippen LogP contribution >= 0.6 is 0 Å². The molecule has 0 bridgehead atoms. The normalized spacial score (nSPS) is 35.0. The summed E-state index contributed by atoms with van der Waals surface area (Å²) in [6, 6.07) is 0. The Labute approximate surface area is 73.2 Å². The molecule has 0 atom stereocenters. The SMILES string of the molecule is C1CCC(C2(C3CC3)OCO2)C1. The fraction of sp³-hybridized carbons (Fsp3) is 1.00. The van der Waals surface area contributed by atoms with Gasteiger partial charge >= 0.3 is 0 Å². The highest BCUT2D eigenvalue weighted by atomic mass is 16.9. The smallest absolute Gasteiger partial charge is 0.179 e. The van der Waals surface area contributed by atoms with Crippen molar-refractivity contribution < 1.29 is 9.47 Å². The first-order chi connectivity index (χ1) is 5.92. The van der Waals surface area contributed by atoms with Crippen LogP contribution in [0.2, 0.25) is 0 Å². The molecule has 3 fully saturated rings. The van der Waals surface area contributed by atoms with Gasteiger partial charge in [0.2, 0.25) is 0 Å². The minimum Gasteiger partial charge on any atom is -0.323 e. The molecule has 12 heavy (non-hydrogen) atoms. The molecule has 0 amide bonds. The molecule has 1 saturated heterocycles. The van der Waals surface area contributed by atoms with Gasteiger partial charge in [-0.3, -0.25) is 0 Å². The van der Waals surface area contributed by atoms with Gasteiger partial charge < -0.3 is 9.47 Å². The third kappa shape index (κ3) is 0.882. The molecule has 0 aromatic heterocycles. The number of rotatable bonds is 2. The molecule has 0 aromatic rings. The highest BCUT2D eigenvalue weighted by molar-refractivity contribution is 4.97. The minimum atomic E-state index is -0.0868. The summed E-state index contributed by atoms with van der Waals surface area (Å²) in [5.74, 6) is 1.38. The standard InChI is InChI=1S/C10H16O2/c1-2-4-8(3-1)10(9-5-6-9)11-7-12-10/h8-9H,1-7H2. The fourth-order valence-corrected chi connectivity index (χ4v) is 2.81. The van der Waals surface area contributed by atoms with Crippen molar-refractivity contribution in [2.75, 3.05) is 6.79 Å². The zero-order chi connectivity index (χ0) is 8.02. The summed E-state index contributed by atoms with van der Waals surface area (Å²) in [5, 5.41) is 0. The Morgan fingerprint density at radius 2 is 1.42 bits per heavy atom. The van der Waals surface area contributed by atoms with Crippen LogP contribution < -0.4 is 0 Å². The lowest BCUT2D eigenvalue weighted by atomic mass is 9.91. The molecule has 2 nitrogen and oxygen atoms in total. The first-order valence-electron chi connectivity index (χ1n) is 5.20. The summed E-state index contributed by atoms with van der Waals surface area (Å²) in [4.78, 5) is 0. The molecule has 0 spiro atoms. The van der Waals surface area contributed by atoms with Crippen LogP contribution in [0.25, 0.3) is 0 Å². The topological polar surface area (TPSA) is 18.5 Å². The second-order valence-corrected chi connectivity index (χ2v) is 4.38. The lowest BCUT2D eigenvalue weighted by Gasteiger charge is -2.46. The Bertz CT molecular complexity index is 176. The van der Waals surface area contributed by atoms with E-state index in [0.29, 0.717) is 6.79 Å². The highest BCUT2D eigenvalue weighted by Crippen LogP contribution is 2.54. The van der Waals surface area contributed by atoms with Gasteiger partial charge in [0.15, 0.2) is 12.6 Å². The monoisotopic (exact) mass is 168 g/mol. The molecule has 0 radical (unpaired) electrons. The first kappa shape index (κ1) is 7.34. The van der Waals surface area contributed by atoms with Crippen LogP contribution in [0.1, 0.15) is 38.5 Å². The third-order valence-corrected chi connectivity index (χ3v) is 3.64. The summed E-state index contributed by atoms with van der Waals surface area (Å²) < 4.78 is 11.4. The Balaban J connectivity index is 1.76. The molecule has 1 aliphatic heterocycles. The maximum Gasteiger partial charge on any atom is 0.179 e. The summed E-state index contributed by atoms with van der Waals surface area (Å²) in [7, 11) is 0. The largest absolute Gasteiger partial charge is 0.323 e. The number of hydrogen-bond acceptors (Lipinski definition) is 2. The molecule has 3 rings (SSSR count). The van der Waals surface area contributed by atoms with Crippen LogP contribution in [0, 0.1) is 11.8 Å². The van der Waals surface area contributed by atoms with Crippen LogP contribution in [0.3, 0.4) is 0 Å². The van der Waals surface area contributed by atoms with E-state index >= 15 is 0 Å². The van der Waals surface area contributed by atoms with E-state index in [9.17, 15) is 0 Å². The average Bonchev–Trinajstić information content (AvgIpc) is 2.64. The van der Waals surface area contributed by atoms with E-state index in [1.165, 1.54) is 38.5 Å². The molecule has 0 N–H and O–H groups in total. The first-order valence-corrected chi connectivity index (χ1v) is 5.20. The zero-order valence-corrected chi connectivity index (χ0v) is 7.42. The van der Waals surface area contributed by atoms with Gasteiger partial charge in [-0.15, -0.1) is 0 Å². The van der Waals surface area contributed by atoms with Gasteiger partial charge in [0.1, 0.15) is 0 Å². The van der Waals surface area contributed by atoms with E-state index in [2.05, 4.69) is 0 Å². The highest BCUT2D eigenvalue weighted by Gasteiger charge is 2.57. The Hall–Kier alpha value is -0.0800. The van der Waals surface area contributed by atoms with Crippen LogP contribution in [-0.2, 0) is 9.47 Å². The van der Waals surface area contributed by atoms with Gasteiger partial charge in [-0.1, -0.05) is 12.8 Å². The van der Waals surface area contributed by atoms with Gasteiger partial charge in [-0.05, 0) is 25.7 Å². The molecule has 0 aromatic carbocycles. The number of hydrogen-bond donors (Lipinski definition) is 0. The van der Waals surface area contributed by atoms with Crippen molar-refractivity contribution in [2.45, 2.75) is 44.3 Å². The van der Waals surface area contributed by atoms with Crippen LogP contribution in [0.15, 0.2) is 0 Å². The summed E-state index contributed by atoms with van der Waals surface area (Å²) in [5.41, 5.74) is 0. The summed E-state index contributed by atoms with van der Waals surface area (Å²) >= 11 is 0. The summed E-state index contributed by atoms with van der Waals surface area (Å²) in [6.45, 7) is 0.549. The second-order valence-electron chi connectivity index (χ2n) is 4.38. The molecular weight excluding hydrogens is 152 g/mol. The van der Waals surface area contributed by atoms with E-state index in [-0.39, 0.29) is 5.79 Å². The van der Waals surface area contributed by atoms with E-state index in [1.807, 2.05) is 0 Å². The predicted molar refractivity (Wildman–Crippen MR) is 44.5 cm³/mol. The van der Waals surface area contributed by atoms with Crippen molar-refractivity contribution in [1.82, 2.24) is 0 Å². The lowest BCUT2D eigenvalue weighted by Crippen LogP contribution is -2.53. The molecular formula is C10H16O2. The lowest BCUT2D eigenvalue weighted by molar-refractivity contribution is -0.427. The van der Waals surface area contributed by atoms with Crippen molar-refractivity contribution in [2.24, 2.45) is 11.8 Å². The second kappa shape index (κ2) is 2.46. The average molecular weight is 168 g/mol. The molecule has 3 aliphatic rings. The van der Waals surface area contributed by atoms with E-state index in [1.54, 1.807) is 0 Å². The van der Waals surface area contributed by atoms with Crippen molar-refractivity contribution >= 4 is 0 Å². The molecule has 2 aliphatic carbocycles. The molecule has 2 heteroatoms. The Morgan fingerprint density at radius 3 is 1.83 bits per heavy atom. The third-order valence-electron chi connectivity index (χ3n) is 3.64. The quantitative estimate of drug-likeness (QED) is 0.629. The van der Waals surface area contributed by atoms with E-state index in [0.717, 1.165) is 11.8 Å². The van der Waals surface area contributed by atoms with Crippen LogP contribution in [0.4, 0.5) is 0 Å². The van der Waals surface area contributed by atoms with E-state index in [4.69, 9.17) is 9.47 Å².